The molecule has 1 fully saturated rings. The molecular weight excluding hydrogens is 240 g/mol. The van der Waals surface area contributed by atoms with Crippen LogP contribution in [-0.4, -0.2) is 38.3 Å². The average molecular weight is 262 g/mol. The number of para-hydroxylation sites is 1. The number of benzene rings is 1. The summed E-state index contributed by atoms with van der Waals surface area (Å²) in [6.45, 7) is 5.14. The minimum Gasteiger partial charge on any atom is -0.374 e. The van der Waals surface area contributed by atoms with E-state index in [9.17, 15) is 4.79 Å². The van der Waals surface area contributed by atoms with Gasteiger partial charge in [0.25, 0.3) is 0 Å². The van der Waals surface area contributed by atoms with Gasteiger partial charge in [0.1, 0.15) is 0 Å². The van der Waals surface area contributed by atoms with Gasteiger partial charge in [0, 0.05) is 31.7 Å². The van der Waals surface area contributed by atoms with Gasteiger partial charge in [-0.1, -0.05) is 25.1 Å². The molecule has 0 bridgehead atoms. The molecule has 0 spiro atoms. The first-order valence-corrected chi connectivity index (χ1v) is 6.98. The zero-order chi connectivity index (χ0) is 13.5. The lowest BCUT2D eigenvalue weighted by atomic mass is 10.2. The monoisotopic (exact) mass is 262 g/mol. The first-order valence-electron chi connectivity index (χ1n) is 6.98. The number of rotatable bonds is 5. The number of carbonyl (C=O) groups is 1. The first-order chi connectivity index (χ1) is 9.29. The Kier molecular flexibility index (Phi) is 5.21. The SMILES string of the molecule is CCC(=O)NCCC1CN(c2ccccc2)CCO1. The van der Waals surface area contributed by atoms with E-state index in [0.717, 1.165) is 26.1 Å². The van der Waals surface area contributed by atoms with Crippen LogP contribution in [0.5, 0.6) is 0 Å². The van der Waals surface area contributed by atoms with Crippen LogP contribution in [0.15, 0.2) is 30.3 Å². The number of amides is 1. The number of ether oxygens (including phenoxy) is 1. The van der Waals surface area contributed by atoms with E-state index in [4.69, 9.17) is 4.74 Å². The van der Waals surface area contributed by atoms with Gasteiger partial charge in [-0.2, -0.15) is 0 Å². The van der Waals surface area contributed by atoms with Crippen LogP contribution >= 0.6 is 0 Å². The average Bonchev–Trinajstić information content (AvgIpc) is 2.48. The molecule has 4 nitrogen and oxygen atoms in total. The van der Waals surface area contributed by atoms with Crippen molar-refractivity contribution in [2.24, 2.45) is 0 Å². The molecule has 2 rings (SSSR count). The molecule has 0 saturated carbocycles. The molecule has 19 heavy (non-hydrogen) atoms. The molecule has 0 aromatic heterocycles. The maximum atomic E-state index is 11.2. The third-order valence-corrected chi connectivity index (χ3v) is 3.37. The van der Waals surface area contributed by atoms with E-state index in [0.29, 0.717) is 13.0 Å². The van der Waals surface area contributed by atoms with Crippen molar-refractivity contribution in [1.82, 2.24) is 5.32 Å². The fourth-order valence-electron chi connectivity index (χ4n) is 2.26. The Morgan fingerprint density at radius 1 is 1.42 bits per heavy atom. The molecule has 1 aromatic rings. The third kappa shape index (κ3) is 4.24. The summed E-state index contributed by atoms with van der Waals surface area (Å²) < 4.78 is 5.75. The summed E-state index contributed by atoms with van der Waals surface area (Å²) in [4.78, 5) is 13.5. The lowest BCUT2D eigenvalue weighted by Gasteiger charge is -2.34. The van der Waals surface area contributed by atoms with E-state index < -0.39 is 0 Å². The van der Waals surface area contributed by atoms with E-state index in [2.05, 4.69) is 34.5 Å². The highest BCUT2D eigenvalue weighted by molar-refractivity contribution is 5.75. The normalized spacial score (nSPS) is 19.2. The number of nitrogens with one attached hydrogen (secondary N) is 1. The summed E-state index contributed by atoms with van der Waals surface area (Å²) in [5.41, 5.74) is 1.24. The van der Waals surface area contributed by atoms with Crippen LogP contribution in [0.3, 0.4) is 0 Å². The van der Waals surface area contributed by atoms with Crippen LogP contribution in [0, 0.1) is 0 Å². The summed E-state index contributed by atoms with van der Waals surface area (Å²) in [6.07, 6.45) is 1.61. The molecule has 1 atom stereocenters. The van der Waals surface area contributed by atoms with Crippen molar-refractivity contribution in [2.45, 2.75) is 25.9 Å². The predicted octanol–water partition coefficient (Wildman–Crippen LogP) is 1.81. The largest absolute Gasteiger partial charge is 0.374 e. The van der Waals surface area contributed by atoms with E-state index in [-0.39, 0.29) is 12.0 Å². The van der Waals surface area contributed by atoms with Crippen molar-refractivity contribution in [1.29, 1.82) is 0 Å². The van der Waals surface area contributed by atoms with Gasteiger partial charge in [-0.25, -0.2) is 0 Å². The van der Waals surface area contributed by atoms with E-state index in [1.165, 1.54) is 5.69 Å². The van der Waals surface area contributed by atoms with Crippen LogP contribution < -0.4 is 10.2 Å². The number of nitrogens with zero attached hydrogens (tertiary/aromatic N) is 1. The van der Waals surface area contributed by atoms with Crippen LogP contribution in [0.4, 0.5) is 5.69 Å². The lowest BCUT2D eigenvalue weighted by Crippen LogP contribution is -2.43. The molecule has 4 heteroatoms. The van der Waals surface area contributed by atoms with Crippen LogP contribution in [0.1, 0.15) is 19.8 Å². The summed E-state index contributed by atoms with van der Waals surface area (Å²) in [7, 11) is 0. The van der Waals surface area contributed by atoms with Crippen LogP contribution in [0.2, 0.25) is 0 Å². The smallest absolute Gasteiger partial charge is 0.219 e. The number of carbonyl (C=O) groups excluding carboxylic acids is 1. The molecule has 1 heterocycles. The van der Waals surface area contributed by atoms with Crippen molar-refractivity contribution in [3.8, 4) is 0 Å². The molecule has 1 aliphatic rings. The zero-order valence-corrected chi connectivity index (χ0v) is 11.5. The Labute approximate surface area is 114 Å². The highest BCUT2D eigenvalue weighted by atomic mass is 16.5. The fraction of sp³-hybridized carbons (Fsp3) is 0.533. The lowest BCUT2D eigenvalue weighted by molar-refractivity contribution is -0.120. The summed E-state index contributed by atoms with van der Waals surface area (Å²) in [5, 5.41) is 2.90. The summed E-state index contributed by atoms with van der Waals surface area (Å²) >= 11 is 0. The van der Waals surface area contributed by atoms with E-state index >= 15 is 0 Å². The number of morpholine rings is 1. The molecule has 0 aliphatic carbocycles. The second kappa shape index (κ2) is 7.14. The maximum absolute atomic E-state index is 11.2. The topological polar surface area (TPSA) is 41.6 Å². The van der Waals surface area contributed by atoms with E-state index in [1.807, 2.05) is 13.0 Å². The zero-order valence-electron chi connectivity index (χ0n) is 11.5. The Balaban J connectivity index is 1.79. The molecule has 0 radical (unpaired) electrons. The molecule has 1 amide bonds. The van der Waals surface area contributed by atoms with Crippen molar-refractivity contribution < 1.29 is 9.53 Å². The van der Waals surface area contributed by atoms with Gasteiger partial charge in [0.15, 0.2) is 0 Å². The Morgan fingerprint density at radius 3 is 2.95 bits per heavy atom. The quantitative estimate of drug-likeness (QED) is 0.880. The molecule has 1 N–H and O–H groups in total. The van der Waals surface area contributed by atoms with Crippen molar-refractivity contribution in [3.63, 3.8) is 0 Å². The number of hydrogen-bond donors (Lipinski definition) is 1. The number of hydrogen-bond acceptors (Lipinski definition) is 3. The first kappa shape index (κ1) is 13.9. The van der Waals surface area contributed by atoms with Gasteiger partial charge in [-0.15, -0.1) is 0 Å². The summed E-state index contributed by atoms with van der Waals surface area (Å²) in [5.74, 6) is 0.107. The highest BCUT2D eigenvalue weighted by Gasteiger charge is 2.20. The van der Waals surface area contributed by atoms with Gasteiger partial charge in [0.2, 0.25) is 5.91 Å². The molecule has 1 aliphatic heterocycles. The van der Waals surface area contributed by atoms with Gasteiger partial charge in [-0.3, -0.25) is 4.79 Å². The maximum Gasteiger partial charge on any atom is 0.219 e. The molecule has 1 saturated heterocycles. The van der Waals surface area contributed by atoms with Crippen molar-refractivity contribution in [3.05, 3.63) is 30.3 Å². The molecular formula is C15H22N2O2. The molecule has 104 valence electrons. The second-order valence-electron chi connectivity index (χ2n) is 4.77. The van der Waals surface area contributed by atoms with Crippen molar-refractivity contribution >= 4 is 11.6 Å². The van der Waals surface area contributed by atoms with Crippen LogP contribution in [-0.2, 0) is 9.53 Å². The third-order valence-electron chi connectivity index (χ3n) is 3.37. The Bertz CT molecular complexity index is 394. The minimum atomic E-state index is 0.107. The van der Waals surface area contributed by atoms with Gasteiger partial charge in [0.05, 0.1) is 12.7 Å². The van der Waals surface area contributed by atoms with E-state index in [1.54, 1.807) is 0 Å². The van der Waals surface area contributed by atoms with Gasteiger partial charge >= 0.3 is 0 Å². The highest BCUT2D eigenvalue weighted by Crippen LogP contribution is 2.17. The molecule has 1 aromatic carbocycles. The second-order valence-corrected chi connectivity index (χ2v) is 4.77. The Morgan fingerprint density at radius 2 is 2.21 bits per heavy atom. The van der Waals surface area contributed by atoms with Gasteiger partial charge in [-0.05, 0) is 18.6 Å². The fourth-order valence-corrected chi connectivity index (χ4v) is 2.26. The molecule has 1 unspecified atom stereocenters. The number of anilines is 1. The van der Waals surface area contributed by atoms with Crippen LogP contribution in [0.25, 0.3) is 0 Å². The predicted molar refractivity (Wildman–Crippen MR) is 76.3 cm³/mol. The Hall–Kier alpha value is -1.55. The minimum absolute atomic E-state index is 0.107. The summed E-state index contributed by atoms with van der Waals surface area (Å²) in [6, 6.07) is 10.4. The standard InChI is InChI=1S/C15H22N2O2/c1-2-15(18)16-9-8-14-12-17(10-11-19-14)13-6-4-3-5-7-13/h3-7,14H,2,8-12H2,1H3,(H,16,18). The van der Waals surface area contributed by atoms with Crippen molar-refractivity contribution in [2.75, 3.05) is 31.1 Å². The van der Waals surface area contributed by atoms with Gasteiger partial charge < -0.3 is 15.0 Å².